The van der Waals surface area contributed by atoms with Crippen molar-refractivity contribution in [2.24, 2.45) is 4.99 Å². The molecule has 0 aromatic heterocycles. The molecule has 0 saturated heterocycles. The zero-order chi connectivity index (χ0) is 16.3. The molecule has 1 N–H and O–H groups in total. The van der Waals surface area contributed by atoms with Crippen molar-refractivity contribution in [3.63, 3.8) is 0 Å². The van der Waals surface area contributed by atoms with Gasteiger partial charge in [0, 0.05) is 24.8 Å². The summed E-state index contributed by atoms with van der Waals surface area (Å²) < 4.78 is 5.18. The highest BCUT2D eigenvalue weighted by atomic mass is 35.5. The Morgan fingerprint density at radius 1 is 1.36 bits per heavy atom. The van der Waals surface area contributed by atoms with Gasteiger partial charge < -0.3 is 15.0 Å². The van der Waals surface area contributed by atoms with E-state index in [9.17, 15) is 4.79 Å². The van der Waals surface area contributed by atoms with E-state index in [1.165, 1.54) is 0 Å². The van der Waals surface area contributed by atoms with Crippen LogP contribution >= 0.6 is 11.6 Å². The zero-order valence-corrected chi connectivity index (χ0v) is 13.9. The minimum absolute atomic E-state index is 0.327. The largest absolute Gasteiger partial charge is 0.463 e. The summed E-state index contributed by atoms with van der Waals surface area (Å²) in [6.45, 7) is 3.97. The van der Waals surface area contributed by atoms with Gasteiger partial charge in [-0.25, -0.2) is 9.79 Å². The molecule has 1 aliphatic heterocycles. The maximum atomic E-state index is 12.3. The number of rotatable bonds is 3. The summed E-state index contributed by atoms with van der Waals surface area (Å²) in [6.07, 6.45) is 0. The number of ether oxygens (including phenoxy) is 1. The SMILES string of the molecule is CCOC(=O)C1=C(C)NC(N(C)C)=NC1c1ccc(Cl)cc1. The van der Waals surface area contributed by atoms with E-state index in [2.05, 4.69) is 10.3 Å². The molecular weight excluding hydrogens is 302 g/mol. The van der Waals surface area contributed by atoms with Crippen molar-refractivity contribution in [1.82, 2.24) is 10.2 Å². The van der Waals surface area contributed by atoms with Gasteiger partial charge in [-0.15, -0.1) is 0 Å². The summed E-state index contributed by atoms with van der Waals surface area (Å²) in [6, 6.07) is 6.93. The number of aliphatic imine (C=N–C) groups is 1. The predicted molar refractivity (Wildman–Crippen MR) is 87.8 cm³/mol. The molecule has 6 heteroatoms. The van der Waals surface area contributed by atoms with Crippen LogP contribution in [0.4, 0.5) is 0 Å². The molecule has 1 unspecified atom stereocenters. The smallest absolute Gasteiger partial charge is 0.338 e. The summed E-state index contributed by atoms with van der Waals surface area (Å²) in [5, 5.41) is 3.79. The molecule has 0 fully saturated rings. The van der Waals surface area contributed by atoms with Crippen LogP contribution in [-0.2, 0) is 9.53 Å². The first-order valence-corrected chi connectivity index (χ1v) is 7.47. The van der Waals surface area contributed by atoms with E-state index >= 15 is 0 Å². The molecule has 5 nitrogen and oxygen atoms in total. The third-order valence-electron chi connectivity index (χ3n) is 3.33. The maximum Gasteiger partial charge on any atom is 0.338 e. The molecule has 118 valence electrons. The van der Waals surface area contributed by atoms with E-state index in [1.807, 2.05) is 38.1 Å². The Morgan fingerprint density at radius 2 is 2.00 bits per heavy atom. The quantitative estimate of drug-likeness (QED) is 0.870. The van der Waals surface area contributed by atoms with Gasteiger partial charge in [-0.1, -0.05) is 23.7 Å². The summed E-state index contributed by atoms with van der Waals surface area (Å²) in [4.78, 5) is 18.8. The summed E-state index contributed by atoms with van der Waals surface area (Å²) >= 11 is 5.95. The first kappa shape index (κ1) is 16.4. The van der Waals surface area contributed by atoms with Crippen LogP contribution < -0.4 is 5.32 Å². The second kappa shape index (κ2) is 6.83. The normalized spacial score (nSPS) is 17.7. The highest BCUT2D eigenvalue weighted by Gasteiger charge is 2.30. The lowest BCUT2D eigenvalue weighted by molar-refractivity contribution is -0.138. The number of hydrogen-bond donors (Lipinski definition) is 1. The molecule has 22 heavy (non-hydrogen) atoms. The standard InChI is InChI=1S/C16H20ClN3O2/c1-5-22-15(21)13-10(2)18-16(20(3)4)19-14(13)11-6-8-12(17)9-7-11/h6-9,14H,5H2,1-4H3,(H,18,19). The van der Waals surface area contributed by atoms with Crippen molar-refractivity contribution in [3.05, 3.63) is 46.1 Å². The molecule has 1 aromatic carbocycles. The molecule has 0 spiro atoms. The van der Waals surface area contributed by atoms with Crippen LogP contribution in [0.15, 0.2) is 40.5 Å². The number of guanidine groups is 1. The summed E-state index contributed by atoms with van der Waals surface area (Å²) in [5.41, 5.74) is 2.17. The van der Waals surface area contributed by atoms with Crippen LogP contribution in [0.2, 0.25) is 5.02 Å². The van der Waals surface area contributed by atoms with Gasteiger partial charge in [-0.3, -0.25) is 0 Å². The average molecular weight is 322 g/mol. The van der Waals surface area contributed by atoms with Crippen LogP contribution in [0.5, 0.6) is 0 Å². The molecule has 2 rings (SSSR count). The molecule has 1 heterocycles. The molecule has 0 bridgehead atoms. The molecule has 1 atom stereocenters. The molecule has 1 aliphatic rings. The van der Waals surface area contributed by atoms with E-state index in [4.69, 9.17) is 16.3 Å². The molecule has 0 aliphatic carbocycles. The fourth-order valence-corrected chi connectivity index (χ4v) is 2.37. The van der Waals surface area contributed by atoms with Crippen LogP contribution in [0.1, 0.15) is 25.5 Å². The van der Waals surface area contributed by atoms with Gasteiger partial charge in [0.05, 0.1) is 12.2 Å². The molecule has 1 aromatic rings. The van der Waals surface area contributed by atoms with Crippen molar-refractivity contribution in [2.75, 3.05) is 20.7 Å². The maximum absolute atomic E-state index is 12.3. The van der Waals surface area contributed by atoms with Crippen LogP contribution in [0.3, 0.4) is 0 Å². The number of hydrogen-bond acceptors (Lipinski definition) is 5. The van der Waals surface area contributed by atoms with E-state index < -0.39 is 6.04 Å². The number of halogens is 1. The topological polar surface area (TPSA) is 53.9 Å². The van der Waals surface area contributed by atoms with Crippen molar-refractivity contribution < 1.29 is 9.53 Å². The number of allylic oxidation sites excluding steroid dienone is 1. The lowest BCUT2D eigenvalue weighted by Gasteiger charge is -2.28. The lowest BCUT2D eigenvalue weighted by atomic mass is 9.96. The Bertz CT molecular complexity index is 621. The number of nitrogens with zero attached hydrogens (tertiary/aromatic N) is 2. The van der Waals surface area contributed by atoms with Gasteiger partial charge in [-0.05, 0) is 31.5 Å². The Hall–Kier alpha value is -2.01. The highest BCUT2D eigenvalue weighted by Crippen LogP contribution is 2.32. The molecule has 0 amide bonds. The third-order valence-corrected chi connectivity index (χ3v) is 3.58. The van der Waals surface area contributed by atoms with E-state index in [1.54, 1.807) is 19.1 Å². The zero-order valence-electron chi connectivity index (χ0n) is 13.2. The van der Waals surface area contributed by atoms with Gasteiger partial charge in [0.15, 0.2) is 5.96 Å². The van der Waals surface area contributed by atoms with Crippen molar-refractivity contribution >= 4 is 23.5 Å². The van der Waals surface area contributed by atoms with Crippen molar-refractivity contribution in [3.8, 4) is 0 Å². The number of carbonyl (C=O) groups excluding carboxylic acids is 1. The van der Waals surface area contributed by atoms with E-state index in [0.717, 1.165) is 11.3 Å². The van der Waals surface area contributed by atoms with Crippen molar-refractivity contribution in [2.45, 2.75) is 19.9 Å². The second-order valence-electron chi connectivity index (χ2n) is 5.19. The number of benzene rings is 1. The Kier molecular flexibility index (Phi) is 5.08. The van der Waals surface area contributed by atoms with Crippen LogP contribution in [0, 0.1) is 0 Å². The van der Waals surface area contributed by atoms with Gasteiger partial charge in [0.1, 0.15) is 6.04 Å². The third kappa shape index (κ3) is 3.42. The Morgan fingerprint density at radius 3 is 2.55 bits per heavy atom. The van der Waals surface area contributed by atoms with Gasteiger partial charge in [0.25, 0.3) is 0 Å². The number of esters is 1. The first-order chi connectivity index (χ1) is 10.4. The lowest BCUT2D eigenvalue weighted by Crippen LogP contribution is -2.40. The second-order valence-corrected chi connectivity index (χ2v) is 5.62. The van der Waals surface area contributed by atoms with Gasteiger partial charge in [-0.2, -0.15) is 0 Å². The highest BCUT2D eigenvalue weighted by molar-refractivity contribution is 6.30. The fraction of sp³-hybridized carbons (Fsp3) is 0.375. The minimum Gasteiger partial charge on any atom is -0.463 e. The summed E-state index contributed by atoms with van der Waals surface area (Å²) in [7, 11) is 3.79. The number of carbonyl (C=O) groups is 1. The van der Waals surface area contributed by atoms with Gasteiger partial charge >= 0.3 is 5.97 Å². The number of nitrogens with one attached hydrogen (secondary N) is 1. The average Bonchev–Trinajstić information content (AvgIpc) is 2.47. The van der Waals surface area contributed by atoms with E-state index in [0.29, 0.717) is 23.2 Å². The first-order valence-electron chi connectivity index (χ1n) is 7.09. The van der Waals surface area contributed by atoms with Crippen molar-refractivity contribution in [1.29, 1.82) is 0 Å². The predicted octanol–water partition coefficient (Wildman–Crippen LogP) is 2.74. The Balaban J connectivity index is 2.47. The molecule has 0 radical (unpaired) electrons. The summed E-state index contributed by atoms with van der Waals surface area (Å²) in [5.74, 6) is 0.347. The minimum atomic E-state index is -0.407. The van der Waals surface area contributed by atoms with Gasteiger partial charge in [0.2, 0.25) is 0 Å². The van der Waals surface area contributed by atoms with Crippen LogP contribution in [-0.4, -0.2) is 37.5 Å². The monoisotopic (exact) mass is 321 g/mol. The van der Waals surface area contributed by atoms with Crippen LogP contribution in [0.25, 0.3) is 0 Å². The molecular formula is C16H20ClN3O2. The fourth-order valence-electron chi connectivity index (χ4n) is 2.25. The Labute approximate surface area is 135 Å². The van der Waals surface area contributed by atoms with E-state index in [-0.39, 0.29) is 5.97 Å². The molecule has 0 saturated carbocycles.